The first kappa shape index (κ1) is 10.7. The minimum Gasteiger partial charge on any atom is -0.497 e. The van der Waals surface area contributed by atoms with E-state index in [1.54, 1.807) is 18.6 Å². The summed E-state index contributed by atoms with van der Waals surface area (Å²) in [4.78, 5) is 11.7. The molecule has 0 aliphatic heterocycles. The van der Waals surface area contributed by atoms with Crippen LogP contribution in [0.2, 0.25) is 0 Å². The quantitative estimate of drug-likeness (QED) is 0.887. The van der Waals surface area contributed by atoms with E-state index in [0.717, 1.165) is 16.2 Å². The van der Waals surface area contributed by atoms with Gasteiger partial charge >= 0.3 is 5.97 Å². The summed E-state index contributed by atoms with van der Waals surface area (Å²) >= 11 is 1.42. The lowest BCUT2D eigenvalue weighted by atomic mass is 10.1. The molecule has 0 bridgehead atoms. The fourth-order valence-electron chi connectivity index (χ4n) is 1.44. The molecule has 0 aliphatic carbocycles. The highest BCUT2D eigenvalue weighted by Crippen LogP contribution is 2.30. The Balaban J connectivity index is 2.42. The molecule has 2 aromatic rings. The van der Waals surface area contributed by atoms with E-state index in [0.29, 0.717) is 5.56 Å². The van der Waals surface area contributed by atoms with Gasteiger partial charge in [-0.05, 0) is 41.3 Å². The largest absolute Gasteiger partial charge is 0.497 e. The van der Waals surface area contributed by atoms with E-state index in [9.17, 15) is 4.79 Å². The SMILES string of the molecule is COc1ccc(-c2sccc2C(=O)O)cc1. The highest BCUT2D eigenvalue weighted by atomic mass is 32.1. The van der Waals surface area contributed by atoms with Gasteiger partial charge in [0.15, 0.2) is 0 Å². The minimum absolute atomic E-state index is 0.343. The highest BCUT2D eigenvalue weighted by molar-refractivity contribution is 7.14. The molecule has 0 aliphatic rings. The van der Waals surface area contributed by atoms with Crippen molar-refractivity contribution in [2.24, 2.45) is 0 Å². The Morgan fingerprint density at radius 1 is 1.25 bits per heavy atom. The number of benzene rings is 1. The van der Waals surface area contributed by atoms with Gasteiger partial charge < -0.3 is 9.84 Å². The first-order chi connectivity index (χ1) is 7.72. The maximum atomic E-state index is 11.0. The van der Waals surface area contributed by atoms with Crippen molar-refractivity contribution in [1.82, 2.24) is 0 Å². The Kier molecular flexibility index (Phi) is 2.92. The summed E-state index contributed by atoms with van der Waals surface area (Å²) in [6, 6.07) is 8.97. The standard InChI is InChI=1S/C12H10O3S/c1-15-9-4-2-8(3-5-9)11-10(12(13)14)6-7-16-11/h2-7H,1H3,(H,13,14). The fraction of sp³-hybridized carbons (Fsp3) is 0.0833. The molecule has 0 saturated carbocycles. The summed E-state index contributed by atoms with van der Waals surface area (Å²) in [5.74, 6) is -0.135. The molecule has 1 N–H and O–H groups in total. The van der Waals surface area contributed by atoms with E-state index < -0.39 is 5.97 Å². The molecule has 4 heteroatoms. The van der Waals surface area contributed by atoms with Crippen molar-refractivity contribution < 1.29 is 14.6 Å². The van der Waals surface area contributed by atoms with Crippen LogP contribution in [-0.4, -0.2) is 18.2 Å². The molecule has 0 atom stereocenters. The molecule has 1 heterocycles. The van der Waals surface area contributed by atoms with Crippen molar-refractivity contribution in [3.05, 3.63) is 41.3 Å². The molecule has 0 fully saturated rings. The average Bonchev–Trinajstić information content (AvgIpc) is 2.78. The van der Waals surface area contributed by atoms with Crippen LogP contribution in [0.5, 0.6) is 5.75 Å². The van der Waals surface area contributed by atoms with Crippen LogP contribution >= 0.6 is 11.3 Å². The predicted octanol–water partition coefficient (Wildman–Crippen LogP) is 3.12. The Labute approximate surface area is 96.9 Å². The molecule has 0 spiro atoms. The molecular weight excluding hydrogens is 224 g/mol. The monoisotopic (exact) mass is 234 g/mol. The molecule has 2 rings (SSSR count). The van der Waals surface area contributed by atoms with Gasteiger partial charge in [-0.3, -0.25) is 0 Å². The molecule has 82 valence electrons. The third kappa shape index (κ3) is 1.92. The van der Waals surface area contributed by atoms with Crippen molar-refractivity contribution >= 4 is 17.3 Å². The summed E-state index contributed by atoms with van der Waals surface area (Å²) in [5, 5.41) is 10.8. The molecule has 0 amide bonds. The van der Waals surface area contributed by atoms with Gasteiger partial charge in [-0.25, -0.2) is 4.79 Å². The smallest absolute Gasteiger partial charge is 0.337 e. The van der Waals surface area contributed by atoms with Crippen LogP contribution in [-0.2, 0) is 0 Å². The van der Waals surface area contributed by atoms with Crippen LogP contribution in [0.4, 0.5) is 0 Å². The third-order valence-electron chi connectivity index (χ3n) is 2.25. The summed E-state index contributed by atoms with van der Waals surface area (Å²) in [6.07, 6.45) is 0. The molecule has 1 aromatic carbocycles. The second kappa shape index (κ2) is 4.37. The molecular formula is C12H10O3S. The molecule has 16 heavy (non-hydrogen) atoms. The van der Waals surface area contributed by atoms with Gasteiger partial charge in [-0.15, -0.1) is 11.3 Å². The van der Waals surface area contributed by atoms with Crippen molar-refractivity contribution in [3.8, 4) is 16.2 Å². The van der Waals surface area contributed by atoms with E-state index in [1.807, 2.05) is 24.3 Å². The van der Waals surface area contributed by atoms with Gasteiger partial charge in [-0.1, -0.05) is 0 Å². The summed E-state index contributed by atoms with van der Waals surface area (Å²) in [5.41, 5.74) is 1.24. The second-order valence-electron chi connectivity index (χ2n) is 3.20. The van der Waals surface area contributed by atoms with Gasteiger partial charge in [0.2, 0.25) is 0 Å². The van der Waals surface area contributed by atoms with E-state index in [1.165, 1.54) is 11.3 Å². The van der Waals surface area contributed by atoms with Crippen LogP contribution in [0.25, 0.3) is 10.4 Å². The first-order valence-electron chi connectivity index (χ1n) is 4.67. The van der Waals surface area contributed by atoms with Crippen LogP contribution in [0.1, 0.15) is 10.4 Å². The zero-order valence-corrected chi connectivity index (χ0v) is 9.45. The van der Waals surface area contributed by atoms with Gasteiger partial charge in [0, 0.05) is 4.88 Å². The topological polar surface area (TPSA) is 46.5 Å². The lowest BCUT2D eigenvalue weighted by Gasteiger charge is -2.02. The molecule has 0 saturated heterocycles. The van der Waals surface area contributed by atoms with Crippen molar-refractivity contribution in [2.75, 3.05) is 7.11 Å². The number of carbonyl (C=O) groups is 1. The number of methoxy groups -OCH3 is 1. The molecule has 0 unspecified atom stereocenters. The van der Waals surface area contributed by atoms with E-state index in [-0.39, 0.29) is 0 Å². The maximum Gasteiger partial charge on any atom is 0.337 e. The van der Waals surface area contributed by atoms with Crippen molar-refractivity contribution in [2.45, 2.75) is 0 Å². The highest BCUT2D eigenvalue weighted by Gasteiger charge is 2.12. The number of hydrogen-bond acceptors (Lipinski definition) is 3. The number of rotatable bonds is 3. The van der Waals surface area contributed by atoms with Crippen molar-refractivity contribution in [3.63, 3.8) is 0 Å². The Hall–Kier alpha value is -1.81. The molecule has 3 nitrogen and oxygen atoms in total. The number of aromatic carboxylic acids is 1. The zero-order valence-electron chi connectivity index (χ0n) is 8.64. The number of carboxylic acid groups (broad SMARTS) is 1. The zero-order chi connectivity index (χ0) is 11.5. The normalized spacial score (nSPS) is 10.1. The fourth-order valence-corrected chi connectivity index (χ4v) is 2.34. The lowest BCUT2D eigenvalue weighted by Crippen LogP contribution is -1.95. The van der Waals surface area contributed by atoms with Gasteiger partial charge in [0.05, 0.1) is 12.7 Å². The number of thiophene rings is 1. The van der Waals surface area contributed by atoms with Crippen LogP contribution < -0.4 is 4.74 Å². The minimum atomic E-state index is -0.896. The maximum absolute atomic E-state index is 11.0. The van der Waals surface area contributed by atoms with E-state index in [4.69, 9.17) is 9.84 Å². The summed E-state index contributed by atoms with van der Waals surface area (Å²) < 4.78 is 5.05. The summed E-state index contributed by atoms with van der Waals surface area (Å²) in [6.45, 7) is 0. The summed E-state index contributed by atoms with van der Waals surface area (Å²) in [7, 11) is 1.60. The van der Waals surface area contributed by atoms with Crippen LogP contribution in [0.3, 0.4) is 0 Å². The Bertz CT molecular complexity index is 499. The van der Waals surface area contributed by atoms with Crippen LogP contribution in [0, 0.1) is 0 Å². The molecule has 1 aromatic heterocycles. The van der Waals surface area contributed by atoms with Crippen LogP contribution in [0.15, 0.2) is 35.7 Å². The molecule has 0 radical (unpaired) electrons. The Morgan fingerprint density at radius 3 is 2.50 bits per heavy atom. The predicted molar refractivity (Wildman–Crippen MR) is 63.3 cm³/mol. The van der Waals surface area contributed by atoms with Gasteiger partial charge in [0.1, 0.15) is 5.75 Å². The van der Waals surface area contributed by atoms with E-state index in [2.05, 4.69) is 0 Å². The first-order valence-corrected chi connectivity index (χ1v) is 5.55. The van der Waals surface area contributed by atoms with Gasteiger partial charge in [-0.2, -0.15) is 0 Å². The number of ether oxygens (including phenoxy) is 1. The Morgan fingerprint density at radius 2 is 1.94 bits per heavy atom. The van der Waals surface area contributed by atoms with Crippen molar-refractivity contribution in [1.29, 1.82) is 0 Å². The van der Waals surface area contributed by atoms with E-state index >= 15 is 0 Å². The number of carboxylic acids is 1. The lowest BCUT2D eigenvalue weighted by molar-refractivity contribution is 0.0698. The second-order valence-corrected chi connectivity index (χ2v) is 4.11. The average molecular weight is 234 g/mol. The third-order valence-corrected chi connectivity index (χ3v) is 3.21. The number of hydrogen-bond donors (Lipinski definition) is 1. The van der Waals surface area contributed by atoms with Gasteiger partial charge in [0.25, 0.3) is 0 Å².